The predicted octanol–water partition coefficient (Wildman–Crippen LogP) is 5.10. The number of carbonyl (C=O) groups is 2. The largest absolute Gasteiger partial charge is 0.293 e. The van der Waals surface area contributed by atoms with Gasteiger partial charge < -0.3 is 0 Å². The highest BCUT2D eigenvalue weighted by Gasteiger charge is 2.35. The lowest BCUT2D eigenvalue weighted by Crippen LogP contribution is -2.27. The molecule has 2 amide bonds. The molecule has 1 heterocycles. The van der Waals surface area contributed by atoms with Crippen LogP contribution in [0.4, 0.5) is 4.79 Å². The first-order valence-corrected chi connectivity index (χ1v) is 8.75. The molecule has 0 N–H and O–H groups in total. The van der Waals surface area contributed by atoms with E-state index in [9.17, 15) is 9.59 Å². The van der Waals surface area contributed by atoms with Crippen molar-refractivity contribution in [2.24, 2.45) is 0 Å². The van der Waals surface area contributed by atoms with Crippen LogP contribution >= 0.6 is 35.0 Å². The van der Waals surface area contributed by atoms with E-state index in [0.717, 1.165) is 22.2 Å². The van der Waals surface area contributed by atoms with Gasteiger partial charge in [0.1, 0.15) is 0 Å². The van der Waals surface area contributed by atoms with Gasteiger partial charge in [0.15, 0.2) is 0 Å². The van der Waals surface area contributed by atoms with Gasteiger partial charge in [0, 0.05) is 15.6 Å². The van der Waals surface area contributed by atoms with Crippen molar-refractivity contribution < 1.29 is 9.59 Å². The monoisotopic (exact) mass is 388 g/mol. The van der Waals surface area contributed by atoms with Crippen LogP contribution in [0.2, 0.25) is 10.0 Å². The van der Waals surface area contributed by atoms with Crippen LogP contribution in [0.1, 0.15) is 16.7 Å². The molecule has 124 valence electrons. The van der Waals surface area contributed by atoms with E-state index in [1.807, 2.05) is 6.07 Å². The van der Waals surface area contributed by atoms with Gasteiger partial charge in [0.2, 0.25) is 0 Å². The van der Waals surface area contributed by atoms with Crippen molar-refractivity contribution in [1.29, 1.82) is 5.26 Å². The lowest BCUT2D eigenvalue weighted by Gasteiger charge is -2.14. The summed E-state index contributed by atoms with van der Waals surface area (Å²) in [6, 6.07) is 13.8. The molecule has 0 aromatic heterocycles. The van der Waals surface area contributed by atoms with Crippen molar-refractivity contribution in [2.45, 2.75) is 6.54 Å². The number of nitriles is 1. The predicted molar refractivity (Wildman–Crippen MR) is 99.1 cm³/mol. The molecule has 3 rings (SSSR count). The zero-order valence-corrected chi connectivity index (χ0v) is 15.0. The van der Waals surface area contributed by atoms with Crippen LogP contribution < -0.4 is 0 Å². The summed E-state index contributed by atoms with van der Waals surface area (Å²) < 4.78 is 0. The molecule has 1 fully saturated rings. The number of imide groups is 1. The highest BCUT2D eigenvalue weighted by molar-refractivity contribution is 8.18. The van der Waals surface area contributed by atoms with E-state index >= 15 is 0 Å². The van der Waals surface area contributed by atoms with Crippen molar-refractivity contribution in [2.75, 3.05) is 0 Å². The number of carbonyl (C=O) groups excluding carboxylic acids is 2. The van der Waals surface area contributed by atoms with E-state index < -0.39 is 5.91 Å². The summed E-state index contributed by atoms with van der Waals surface area (Å²) in [5.74, 6) is -0.393. The summed E-state index contributed by atoms with van der Waals surface area (Å²) in [6.45, 7) is 0.0217. The molecule has 4 nitrogen and oxygen atoms in total. The molecule has 0 bridgehead atoms. The SMILES string of the molecule is N#Cc1ccc(/C=C2/SC(=O)N(Cc3c(Cl)cccc3Cl)C2=O)cc1. The van der Waals surface area contributed by atoms with Crippen molar-refractivity contribution in [3.63, 3.8) is 0 Å². The molecule has 1 aliphatic heterocycles. The molecule has 0 radical (unpaired) electrons. The molecule has 0 spiro atoms. The Labute approximate surface area is 158 Å². The Kier molecular flexibility index (Phi) is 5.14. The first-order chi connectivity index (χ1) is 12.0. The molecular weight excluding hydrogens is 379 g/mol. The fourth-order valence-electron chi connectivity index (χ4n) is 2.28. The van der Waals surface area contributed by atoms with Crippen molar-refractivity contribution in [3.05, 3.63) is 74.1 Å². The standard InChI is InChI=1S/C18H10Cl2N2O2S/c19-14-2-1-3-15(20)13(14)10-22-17(23)16(25-18(22)24)8-11-4-6-12(9-21)7-5-11/h1-8H,10H2/b16-8+. The molecule has 0 saturated carbocycles. The first kappa shape index (κ1) is 17.6. The molecular formula is C18H10Cl2N2O2S. The summed E-state index contributed by atoms with van der Waals surface area (Å²) in [4.78, 5) is 26.2. The van der Waals surface area contributed by atoms with Gasteiger partial charge in [-0.1, -0.05) is 41.4 Å². The zero-order valence-electron chi connectivity index (χ0n) is 12.7. The van der Waals surface area contributed by atoms with Gasteiger partial charge in [-0.2, -0.15) is 5.26 Å². The van der Waals surface area contributed by atoms with Crippen LogP contribution in [-0.2, 0) is 11.3 Å². The molecule has 0 aliphatic carbocycles. The van der Waals surface area contributed by atoms with Crippen LogP contribution in [0.25, 0.3) is 6.08 Å². The molecule has 2 aromatic rings. The maximum atomic E-state index is 12.5. The van der Waals surface area contributed by atoms with Gasteiger partial charge in [-0.05, 0) is 47.7 Å². The fourth-order valence-corrected chi connectivity index (χ4v) is 3.64. The Balaban J connectivity index is 1.85. The van der Waals surface area contributed by atoms with Gasteiger partial charge in [0.05, 0.1) is 23.1 Å². The van der Waals surface area contributed by atoms with Crippen molar-refractivity contribution in [1.82, 2.24) is 4.90 Å². The minimum atomic E-state index is -0.393. The van der Waals surface area contributed by atoms with Crippen LogP contribution in [0.3, 0.4) is 0 Å². The number of rotatable bonds is 3. The molecule has 0 atom stereocenters. The maximum Gasteiger partial charge on any atom is 0.293 e. The number of hydrogen-bond donors (Lipinski definition) is 0. The van der Waals surface area contributed by atoms with Gasteiger partial charge in [0.25, 0.3) is 11.1 Å². The van der Waals surface area contributed by atoms with E-state index in [1.165, 1.54) is 0 Å². The normalized spacial score (nSPS) is 15.7. The number of benzene rings is 2. The fraction of sp³-hybridized carbons (Fsp3) is 0.0556. The van der Waals surface area contributed by atoms with Gasteiger partial charge in [-0.15, -0.1) is 0 Å². The summed E-state index contributed by atoms with van der Waals surface area (Å²) in [5, 5.41) is 9.25. The van der Waals surface area contributed by atoms with Gasteiger partial charge in [-0.3, -0.25) is 14.5 Å². The Bertz CT molecular complexity index is 913. The third-order valence-corrected chi connectivity index (χ3v) is 5.20. The Morgan fingerprint density at radius 3 is 2.32 bits per heavy atom. The summed E-state index contributed by atoms with van der Waals surface area (Å²) in [6.07, 6.45) is 1.63. The molecule has 7 heteroatoms. The van der Waals surface area contributed by atoms with Crippen LogP contribution in [0, 0.1) is 11.3 Å². The maximum absolute atomic E-state index is 12.5. The smallest absolute Gasteiger partial charge is 0.268 e. The minimum Gasteiger partial charge on any atom is -0.268 e. The van der Waals surface area contributed by atoms with E-state index in [1.54, 1.807) is 48.5 Å². The second-order valence-electron chi connectivity index (χ2n) is 5.20. The summed E-state index contributed by atoms with van der Waals surface area (Å²) >= 11 is 13.1. The van der Waals surface area contributed by atoms with Crippen LogP contribution in [0.5, 0.6) is 0 Å². The first-order valence-electron chi connectivity index (χ1n) is 7.18. The average Bonchev–Trinajstić information content (AvgIpc) is 2.86. The molecule has 1 aliphatic rings. The number of halogens is 2. The van der Waals surface area contributed by atoms with Gasteiger partial charge >= 0.3 is 0 Å². The third-order valence-electron chi connectivity index (χ3n) is 3.59. The van der Waals surface area contributed by atoms with Gasteiger partial charge in [-0.25, -0.2) is 0 Å². The molecule has 0 unspecified atom stereocenters. The number of nitrogens with zero attached hydrogens (tertiary/aromatic N) is 2. The molecule has 1 saturated heterocycles. The lowest BCUT2D eigenvalue weighted by atomic mass is 10.1. The summed E-state index contributed by atoms with van der Waals surface area (Å²) in [5.41, 5.74) is 1.80. The van der Waals surface area contributed by atoms with Crippen LogP contribution in [0.15, 0.2) is 47.4 Å². The topological polar surface area (TPSA) is 61.2 Å². The number of amides is 2. The third kappa shape index (κ3) is 3.72. The second kappa shape index (κ2) is 7.32. The van der Waals surface area contributed by atoms with E-state index in [-0.39, 0.29) is 11.8 Å². The van der Waals surface area contributed by atoms with Crippen molar-refractivity contribution >= 4 is 52.2 Å². The lowest BCUT2D eigenvalue weighted by molar-refractivity contribution is -0.123. The zero-order chi connectivity index (χ0) is 18.0. The van der Waals surface area contributed by atoms with E-state index in [4.69, 9.17) is 28.5 Å². The Morgan fingerprint density at radius 1 is 1.08 bits per heavy atom. The molecule has 25 heavy (non-hydrogen) atoms. The van der Waals surface area contributed by atoms with E-state index in [0.29, 0.717) is 26.1 Å². The van der Waals surface area contributed by atoms with Crippen LogP contribution in [-0.4, -0.2) is 16.0 Å². The summed E-state index contributed by atoms with van der Waals surface area (Å²) in [7, 11) is 0. The highest BCUT2D eigenvalue weighted by atomic mass is 35.5. The average molecular weight is 389 g/mol. The highest BCUT2D eigenvalue weighted by Crippen LogP contribution is 2.35. The second-order valence-corrected chi connectivity index (χ2v) is 7.01. The molecule has 2 aromatic carbocycles. The number of thioether (sulfide) groups is 1. The number of hydrogen-bond acceptors (Lipinski definition) is 4. The van der Waals surface area contributed by atoms with Crippen molar-refractivity contribution in [3.8, 4) is 6.07 Å². The van der Waals surface area contributed by atoms with E-state index in [2.05, 4.69) is 0 Å². The minimum absolute atomic E-state index is 0.0217. The Hall–Kier alpha value is -2.26. The Morgan fingerprint density at radius 2 is 1.72 bits per heavy atom. The quantitative estimate of drug-likeness (QED) is 0.685.